The molecule has 2 N–H and O–H groups in total. The molecule has 1 aliphatic rings. The average molecular weight is 440 g/mol. The van der Waals surface area contributed by atoms with Gasteiger partial charge in [0.2, 0.25) is 18.4 Å². The second-order valence-electron chi connectivity index (χ2n) is 6.34. The minimum absolute atomic E-state index is 0.00908. The van der Waals surface area contributed by atoms with Gasteiger partial charge in [-0.15, -0.1) is 11.3 Å². The van der Waals surface area contributed by atoms with E-state index in [4.69, 9.17) is 14.2 Å². The summed E-state index contributed by atoms with van der Waals surface area (Å²) >= 11 is 1.14. The smallest absolute Gasteiger partial charge is 0.244 e. The Labute approximate surface area is 172 Å². The van der Waals surface area contributed by atoms with Crippen LogP contribution < -0.4 is 19.5 Å². The quantitative estimate of drug-likeness (QED) is 0.605. The van der Waals surface area contributed by atoms with Crippen molar-refractivity contribution in [2.24, 2.45) is 0 Å². The second kappa shape index (κ2) is 8.85. The number of fused-ring (bicyclic) bond motifs is 1. The van der Waals surface area contributed by atoms with Crippen molar-refractivity contribution in [2.75, 3.05) is 20.4 Å². The van der Waals surface area contributed by atoms with E-state index in [1.165, 1.54) is 19.3 Å². The van der Waals surface area contributed by atoms with Crippen LogP contribution in [0, 0.1) is 0 Å². The van der Waals surface area contributed by atoms with Gasteiger partial charge in [0.1, 0.15) is 4.21 Å². The van der Waals surface area contributed by atoms with Crippen LogP contribution in [0.25, 0.3) is 6.08 Å². The summed E-state index contributed by atoms with van der Waals surface area (Å²) in [5.74, 6) is 0.298. The SMILES string of the molecule is COc1c(/C=C/C(=O)NCC(C)O)c(CS(=O)(=O)c2cccs2)cc2c1OCO2. The number of methoxy groups -OCH3 is 1. The van der Waals surface area contributed by atoms with Gasteiger partial charge in [0.05, 0.1) is 19.0 Å². The van der Waals surface area contributed by atoms with E-state index in [2.05, 4.69) is 5.32 Å². The van der Waals surface area contributed by atoms with Crippen LogP contribution in [0.4, 0.5) is 0 Å². The Morgan fingerprint density at radius 1 is 1.45 bits per heavy atom. The fraction of sp³-hybridized carbons (Fsp3) is 0.316. The van der Waals surface area contributed by atoms with Gasteiger partial charge in [-0.05, 0) is 36.1 Å². The van der Waals surface area contributed by atoms with Crippen molar-refractivity contribution >= 4 is 33.2 Å². The number of nitrogens with one attached hydrogen (secondary N) is 1. The van der Waals surface area contributed by atoms with Crippen molar-refractivity contribution in [3.63, 3.8) is 0 Å². The summed E-state index contributed by atoms with van der Waals surface area (Å²) in [6.07, 6.45) is 2.04. The molecule has 1 aromatic carbocycles. The van der Waals surface area contributed by atoms with Gasteiger partial charge in [-0.3, -0.25) is 4.79 Å². The third-order valence-electron chi connectivity index (χ3n) is 4.07. The number of hydrogen-bond acceptors (Lipinski definition) is 8. The van der Waals surface area contributed by atoms with E-state index in [0.717, 1.165) is 11.3 Å². The molecule has 3 rings (SSSR count). The number of carbonyl (C=O) groups is 1. The maximum absolute atomic E-state index is 12.8. The van der Waals surface area contributed by atoms with Gasteiger partial charge in [0.25, 0.3) is 0 Å². The highest BCUT2D eigenvalue weighted by Crippen LogP contribution is 2.46. The van der Waals surface area contributed by atoms with Gasteiger partial charge in [-0.2, -0.15) is 0 Å². The molecule has 1 atom stereocenters. The van der Waals surface area contributed by atoms with E-state index in [9.17, 15) is 18.3 Å². The van der Waals surface area contributed by atoms with Gasteiger partial charge in [0, 0.05) is 18.2 Å². The number of benzene rings is 1. The molecule has 0 spiro atoms. The molecule has 0 aliphatic carbocycles. The summed E-state index contributed by atoms with van der Waals surface area (Å²) in [5, 5.41) is 13.5. The molecule has 1 amide bonds. The third-order valence-corrected chi connectivity index (χ3v) is 7.22. The molecule has 29 heavy (non-hydrogen) atoms. The first-order chi connectivity index (χ1) is 13.8. The summed E-state index contributed by atoms with van der Waals surface area (Å²) < 4.78 is 42.1. The Kier molecular flexibility index (Phi) is 6.46. The molecule has 2 aromatic rings. The first-order valence-electron chi connectivity index (χ1n) is 8.71. The number of thiophene rings is 1. The van der Waals surface area contributed by atoms with E-state index < -0.39 is 21.8 Å². The highest BCUT2D eigenvalue weighted by atomic mass is 32.2. The molecule has 1 aliphatic heterocycles. The van der Waals surface area contributed by atoms with Gasteiger partial charge in [-0.25, -0.2) is 8.42 Å². The fourth-order valence-electron chi connectivity index (χ4n) is 2.76. The zero-order chi connectivity index (χ0) is 21.0. The van der Waals surface area contributed by atoms with Crippen molar-refractivity contribution in [1.82, 2.24) is 5.32 Å². The monoisotopic (exact) mass is 439 g/mol. The summed E-state index contributed by atoms with van der Waals surface area (Å²) in [6.45, 7) is 1.64. The van der Waals surface area contributed by atoms with Crippen LogP contribution >= 0.6 is 11.3 Å². The van der Waals surface area contributed by atoms with Crippen molar-refractivity contribution < 1.29 is 32.5 Å². The molecular weight excluding hydrogens is 418 g/mol. The maximum Gasteiger partial charge on any atom is 0.244 e. The minimum Gasteiger partial charge on any atom is -0.492 e. The maximum atomic E-state index is 12.8. The Morgan fingerprint density at radius 3 is 2.90 bits per heavy atom. The summed E-state index contributed by atoms with van der Waals surface area (Å²) in [5.41, 5.74) is 0.822. The third kappa shape index (κ3) is 4.89. The number of rotatable bonds is 8. The lowest BCUT2D eigenvalue weighted by atomic mass is 10.1. The van der Waals surface area contributed by atoms with Crippen molar-refractivity contribution in [2.45, 2.75) is 23.0 Å². The van der Waals surface area contributed by atoms with Crippen molar-refractivity contribution in [3.05, 3.63) is 40.8 Å². The standard InChI is InChI=1S/C19H21NO7S2/c1-12(21)9-20-16(22)6-5-14-13(10-29(23,24)17-4-3-7-28-17)8-15-19(18(14)25-2)27-11-26-15/h3-8,12,21H,9-11H2,1-2H3,(H,20,22)/b6-5+. The van der Waals surface area contributed by atoms with E-state index in [0.29, 0.717) is 22.6 Å². The largest absolute Gasteiger partial charge is 0.492 e. The lowest BCUT2D eigenvalue weighted by molar-refractivity contribution is -0.116. The van der Waals surface area contributed by atoms with Gasteiger partial charge >= 0.3 is 0 Å². The van der Waals surface area contributed by atoms with Gasteiger partial charge in [0.15, 0.2) is 21.3 Å². The average Bonchev–Trinajstić information content (AvgIpc) is 3.35. The Balaban J connectivity index is 2.00. The molecule has 1 unspecified atom stereocenters. The number of ether oxygens (including phenoxy) is 3. The van der Waals surface area contributed by atoms with Crippen LogP contribution in [0.2, 0.25) is 0 Å². The number of hydrogen-bond donors (Lipinski definition) is 2. The lowest BCUT2D eigenvalue weighted by Gasteiger charge is -2.14. The fourth-order valence-corrected chi connectivity index (χ4v) is 5.22. The van der Waals surface area contributed by atoms with Crippen LogP contribution in [-0.2, 0) is 20.4 Å². The normalized spacial score (nSPS) is 14.2. The molecule has 10 heteroatoms. The van der Waals surface area contributed by atoms with Crippen LogP contribution in [0.3, 0.4) is 0 Å². The number of carbonyl (C=O) groups excluding carboxylic acids is 1. The molecular formula is C19H21NO7S2. The molecule has 0 saturated carbocycles. The Hall–Kier alpha value is -2.56. The topological polar surface area (TPSA) is 111 Å². The Bertz CT molecular complexity index is 1010. The lowest BCUT2D eigenvalue weighted by Crippen LogP contribution is -2.28. The van der Waals surface area contributed by atoms with E-state index >= 15 is 0 Å². The van der Waals surface area contributed by atoms with Gasteiger partial charge in [-0.1, -0.05) is 6.07 Å². The van der Waals surface area contributed by atoms with E-state index in [-0.39, 0.29) is 29.0 Å². The molecule has 0 saturated heterocycles. The number of aliphatic hydroxyl groups excluding tert-OH is 1. The summed E-state index contributed by atoms with van der Waals surface area (Å²) in [7, 11) is -2.17. The van der Waals surface area contributed by atoms with Crippen LogP contribution in [-0.4, -0.2) is 46.0 Å². The zero-order valence-electron chi connectivity index (χ0n) is 15.9. The highest BCUT2D eigenvalue weighted by molar-refractivity contribution is 7.92. The minimum atomic E-state index is -3.60. The van der Waals surface area contributed by atoms with Crippen LogP contribution in [0.5, 0.6) is 17.2 Å². The zero-order valence-corrected chi connectivity index (χ0v) is 17.5. The second-order valence-corrected chi connectivity index (χ2v) is 9.50. The van der Waals surface area contributed by atoms with E-state index in [1.807, 2.05) is 0 Å². The number of sulfone groups is 1. The summed E-state index contributed by atoms with van der Waals surface area (Å²) in [4.78, 5) is 12.0. The molecule has 2 heterocycles. The van der Waals surface area contributed by atoms with Crippen molar-refractivity contribution in [1.29, 1.82) is 0 Å². The van der Waals surface area contributed by atoms with E-state index in [1.54, 1.807) is 30.5 Å². The highest BCUT2D eigenvalue weighted by Gasteiger charge is 2.27. The molecule has 0 bridgehead atoms. The molecule has 156 valence electrons. The first-order valence-corrected chi connectivity index (χ1v) is 11.2. The van der Waals surface area contributed by atoms with Gasteiger partial charge < -0.3 is 24.6 Å². The summed E-state index contributed by atoms with van der Waals surface area (Å²) in [6, 6.07) is 4.80. The first kappa shape index (κ1) is 21.2. The molecule has 0 fully saturated rings. The van der Waals surface area contributed by atoms with Crippen LogP contribution in [0.15, 0.2) is 33.9 Å². The predicted octanol–water partition coefficient (Wildman–Crippen LogP) is 1.97. The molecule has 8 nitrogen and oxygen atoms in total. The van der Waals surface area contributed by atoms with Crippen molar-refractivity contribution in [3.8, 4) is 17.2 Å². The Morgan fingerprint density at radius 2 is 2.24 bits per heavy atom. The molecule has 1 aromatic heterocycles. The van der Waals surface area contributed by atoms with Crippen LogP contribution in [0.1, 0.15) is 18.1 Å². The number of amides is 1. The molecule has 0 radical (unpaired) electrons. The predicted molar refractivity (Wildman–Crippen MR) is 108 cm³/mol. The number of aliphatic hydroxyl groups is 1.